The van der Waals surface area contributed by atoms with E-state index in [9.17, 15) is 9.59 Å². The minimum atomic E-state index is -1.06. The molecule has 110 valence electrons. The third kappa shape index (κ3) is 4.00. The standard InChI is InChI=1S/C14H13ClN2O4/c1-8-12(13(18)19)6-11(21-8)7-16-14(20)17-10-4-2-3-9(15)5-10/h2-6H,7H2,1H3,(H,18,19)(H2,16,17,20). The number of carboxylic acids is 1. The van der Waals surface area contributed by atoms with Crippen molar-refractivity contribution in [3.63, 3.8) is 0 Å². The number of hydrogen-bond donors (Lipinski definition) is 3. The molecule has 0 aliphatic heterocycles. The van der Waals surface area contributed by atoms with E-state index in [1.165, 1.54) is 6.07 Å². The number of aromatic carboxylic acids is 1. The number of anilines is 1. The van der Waals surface area contributed by atoms with Gasteiger partial charge in [0, 0.05) is 10.7 Å². The van der Waals surface area contributed by atoms with Gasteiger partial charge >= 0.3 is 12.0 Å². The van der Waals surface area contributed by atoms with Crippen LogP contribution < -0.4 is 10.6 Å². The Labute approximate surface area is 125 Å². The number of furan rings is 1. The summed E-state index contributed by atoms with van der Waals surface area (Å²) in [5.74, 6) is -0.397. The highest BCUT2D eigenvalue weighted by Gasteiger charge is 2.14. The first kappa shape index (κ1) is 14.9. The number of rotatable bonds is 4. The van der Waals surface area contributed by atoms with Crippen LogP contribution in [0.5, 0.6) is 0 Å². The summed E-state index contributed by atoms with van der Waals surface area (Å²) < 4.78 is 5.25. The fourth-order valence-corrected chi connectivity index (χ4v) is 1.94. The van der Waals surface area contributed by atoms with Crippen molar-refractivity contribution < 1.29 is 19.1 Å². The molecule has 1 heterocycles. The molecule has 2 amide bonds. The van der Waals surface area contributed by atoms with E-state index in [1.54, 1.807) is 31.2 Å². The summed E-state index contributed by atoms with van der Waals surface area (Å²) in [6.45, 7) is 1.64. The van der Waals surface area contributed by atoms with Crippen molar-refractivity contribution in [1.29, 1.82) is 0 Å². The van der Waals surface area contributed by atoms with E-state index in [0.29, 0.717) is 22.2 Å². The number of carbonyl (C=O) groups excluding carboxylic acids is 1. The SMILES string of the molecule is Cc1oc(CNC(=O)Nc2cccc(Cl)c2)cc1C(=O)O. The lowest BCUT2D eigenvalue weighted by atomic mass is 10.2. The molecule has 0 atom stereocenters. The molecule has 0 saturated heterocycles. The average Bonchev–Trinajstić information content (AvgIpc) is 2.78. The van der Waals surface area contributed by atoms with E-state index in [1.807, 2.05) is 0 Å². The Morgan fingerprint density at radius 1 is 1.33 bits per heavy atom. The predicted molar refractivity (Wildman–Crippen MR) is 77.7 cm³/mol. The highest BCUT2D eigenvalue weighted by molar-refractivity contribution is 6.30. The number of urea groups is 1. The van der Waals surface area contributed by atoms with Crippen LogP contribution in [0.1, 0.15) is 21.9 Å². The first-order chi connectivity index (χ1) is 9.95. The van der Waals surface area contributed by atoms with E-state index in [-0.39, 0.29) is 12.1 Å². The van der Waals surface area contributed by atoms with Gasteiger partial charge in [-0.2, -0.15) is 0 Å². The van der Waals surface area contributed by atoms with E-state index >= 15 is 0 Å². The third-order valence-electron chi connectivity index (χ3n) is 2.70. The number of aryl methyl sites for hydroxylation is 1. The van der Waals surface area contributed by atoms with Gasteiger partial charge in [-0.25, -0.2) is 9.59 Å². The molecule has 1 aromatic carbocycles. The lowest BCUT2D eigenvalue weighted by molar-refractivity contribution is 0.0695. The van der Waals surface area contributed by atoms with Crippen molar-refractivity contribution in [1.82, 2.24) is 5.32 Å². The van der Waals surface area contributed by atoms with Crippen molar-refractivity contribution in [2.75, 3.05) is 5.32 Å². The van der Waals surface area contributed by atoms with Gasteiger partial charge in [0.2, 0.25) is 0 Å². The summed E-state index contributed by atoms with van der Waals surface area (Å²) in [6.07, 6.45) is 0. The second kappa shape index (κ2) is 6.32. The van der Waals surface area contributed by atoms with Crippen LogP contribution in [0.4, 0.5) is 10.5 Å². The molecule has 0 aliphatic rings. The smallest absolute Gasteiger partial charge is 0.339 e. The lowest BCUT2D eigenvalue weighted by Crippen LogP contribution is -2.27. The zero-order valence-corrected chi connectivity index (χ0v) is 11.9. The Balaban J connectivity index is 1.92. The van der Waals surface area contributed by atoms with Gasteiger partial charge in [0.05, 0.1) is 6.54 Å². The Bertz CT molecular complexity index is 681. The first-order valence-corrected chi connectivity index (χ1v) is 6.46. The van der Waals surface area contributed by atoms with Crippen molar-refractivity contribution in [2.24, 2.45) is 0 Å². The maximum Gasteiger partial charge on any atom is 0.339 e. The number of carbonyl (C=O) groups is 2. The van der Waals surface area contributed by atoms with Crippen LogP contribution in [-0.4, -0.2) is 17.1 Å². The first-order valence-electron chi connectivity index (χ1n) is 6.08. The van der Waals surface area contributed by atoms with Crippen LogP contribution in [0, 0.1) is 6.92 Å². The quantitative estimate of drug-likeness (QED) is 0.808. The van der Waals surface area contributed by atoms with Crippen molar-refractivity contribution in [3.05, 3.63) is 52.4 Å². The monoisotopic (exact) mass is 308 g/mol. The molecule has 0 fully saturated rings. The van der Waals surface area contributed by atoms with Gasteiger partial charge in [-0.05, 0) is 31.2 Å². The normalized spacial score (nSPS) is 10.2. The molecule has 0 spiro atoms. The predicted octanol–water partition coefficient (Wildman–Crippen LogP) is 3.26. The number of hydrogen-bond acceptors (Lipinski definition) is 3. The molecule has 3 N–H and O–H groups in total. The topological polar surface area (TPSA) is 91.6 Å². The summed E-state index contributed by atoms with van der Waals surface area (Å²) in [4.78, 5) is 22.6. The van der Waals surface area contributed by atoms with Gasteiger partial charge in [-0.1, -0.05) is 17.7 Å². The highest BCUT2D eigenvalue weighted by atomic mass is 35.5. The Morgan fingerprint density at radius 3 is 2.71 bits per heavy atom. The fourth-order valence-electron chi connectivity index (χ4n) is 1.75. The van der Waals surface area contributed by atoms with E-state index < -0.39 is 12.0 Å². The molecule has 0 aliphatic carbocycles. The molecule has 2 aromatic rings. The molecule has 0 unspecified atom stereocenters. The molecule has 0 saturated carbocycles. The van der Waals surface area contributed by atoms with Gasteiger partial charge in [-0.15, -0.1) is 0 Å². The fraction of sp³-hybridized carbons (Fsp3) is 0.143. The molecule has 7 heteroatoms. The van der Waals surface area contributed by atoms with Crippen LogP contribution >= 0.6 is 11.6 Å². The Hall–Kier alpha value is -2.47. The van der Waals surface area contributed by atoms with Gasteiger partial charge < -0.3 is 20.2 Å². The highest BCUT2D eigenvalue weighted by Crippen LogP contribution is 2.16. The molecule has 1 aromatic heterocycles. The van der Waals surface area contributed by atoms with Crippen LogP contribution in [0.2, 0.25) is 5.02 Å². The maximum absolute atomic E-state index is 11.7. The number of nitrogens with one attached hydrogen (secondary N) is 2. The Morgan fingerprint density at radius 2 is 2.10 bits per heavy atom. The zero-order chi connectivity index (χ0) is 15.4. The van der Waals surface area contributed by atoms with Crippen molar-refractivity contribution in [2.45, 2.75) is 13.5 Å². The third-order valence-corrected chi connectivity index (χ3v) is 2.94. The summed E-state index contributed by atoms with van der Waals surface area (Å²) in [5.41, 5.74) is 0.642. The summed E-state index contributed by atoms with van der Waals surface area (Å²) in [7, 11) is 0. The van der Waals surface area contributed by atoms with Gasteiger partial charge in [0.25, 0.3) is 0 Å². The number of halogens is 1. The van der Waals surface area contributed by atoms with Gasteiger partial charge in [-0.3, -0.25) is 0 Å². The second-order valence-corrected chi connectivity index (χ2v) is 4.74. The number of benzene rings is 1. The summed E-state index contributed by atoms with van der Waals surface area (Å²) in [5, 5.41) is 14.6. The van der Waals surface area contributed by atoms with Crippen molar-refractivity contribution in [3.8, 4) is 0 Å². The van der Waals surface area contributed by atoms with E-state index in [0.717, 1.165) is 0 Å². The molecular weight excluding hydrogens is 296 g/mol. The summed E-state index contributed by atoms with van der Waals surface area (Å²) >= 11 is 5.81. The maximum atomic E-state index is 11.7. The minimum absolute atomic E-state index is 0.0838. The average molecular weight is 309 g/mol. The minimum Gasteiger partial charge on any atom is -0.478 e. The molecule has 2 rings (SSSR count). The molecule has 0 bridgehead atoms. The van der Waals surface area contributed by atoms with E-state index in [2.05, 4.69) is 10.6 Å². The van der Waals surface area contributed by atoms with Crippen LogP contribution in [0.25, 0.3) is 0 Å². The van der Waals surface area contributed by atoms with Crippen molar-refractivity contribution >= 4 is 29.3 Å². The molecule has 0 radical (unpaired) electrons. The van der Waals surface area contributed by atoms with Gasteiger partial charge in [0.1, 0.15) is 17.1 Å². The number of amides is 2. The largest absolute Gasteiger partial charge is 0.478 e. The molecular formula is C14H13ClN2O4. The number of carboxylic acid groups (broad SMARTS) is 1. The second-order valence-electron chi connectivity index (χ2n) is 4.31. The Kier molecular flexibility index (Phi) is 4.49. The van der Waals surface area contributed by atoms with Gasteiger partial charge in [0.15, 0.2) is 0 Å². The zero-order valence-electron chi connectivity index (χ0n) is 11.1. The molecule has 21 heavy (non-hydrogen) atoms. The van der Waals surface area contributed by atoms with Crippen LogP contribution in [0.15, 0.2) is 34.7 Å². The molecule has 6 nitrogen and oxygen atoms in total. The van der Waals surface area contributed by atoms with E-state index in [4.69, 9.17) is 21.1 Å². The summed E-state index contributed by atoms with van der Waals surface area (Å²) in [6, 6.07) is 7.67. The lowest BCUT2D eigenvalue weighted by Gasteiger charge is -2.06. The van der Waals surface area contributed by atoms with Crippen LogP contribution in [0.3, 0.4) is 0 Å². The van der Waals surface area contributed by atoms with Crippen LogP contribution in [-0.2, 0) is 6.54 Å².